The van der Waals surface area contributed by atoms with Gasteiger partial charge in [0.05, 0.1) is 18.5 Å². The second kappa shape index (κ2) is 5.11. The third-order valence-electron chi connectivity index (χ3n) is 3.02. The third kappa shape index (κ3) is 2.17. The molecular formula is C13H14N2O4. The molecule has 1 aromatic heterocycles. The molecule has 6 heteroatoms. The molecule has 0 saturated carbocycles. The van der Waals surface area contributed by atoms with Crippen molar-refractivity contribution >= 4 is 23.0 Å². The zero-order chi connectivity index (χ0) is 14.0. The largest absolute Gasteiger partial charge is 0.481 e. The summed E-state index contributed by atoms with van der Waals surface area (Å²) < 4.78 is 5.96. The molecule has 2 aromatic rings. The maximum absolute atomic E-state index is 11.7. The van der Waals surface area contributed by atoms with Crippen molar-refractivity contribution in [3.05, 3.63) is 36.0 Å². The summed E-state index contributed by atoms with van der Waals surface area (Å²) in [6, 6.07) is 7.04. The number of para-hydroxylation sites is 1. The first-order valence-corrected chi connectivity index (χ1v) is 5.71. The van der Waals surface area contributed by atoms with Gasteiger partial charge in [0.15, 0.2) is 0 Å². The van der Waals surface area contributed by atoms with Crippen molar-refractivity contribution in [2.75, 3.05) is 13.7 Å². The molecule has 6 nitrogen and oxygen atoms in total. The highest BCUT2D eigenvalue weighted by atomic mass is 16.5. The van der Waals surface area contributed by atoms with E-state index in [9.17, 15) is 14.7 Å². The molecule has 0 amide bonds. The molecule has 0 saturated heterocycles. The molecule has 0 fully saturated rings. The van der Waals surface area contributed by atoms with Crippen molar-refractivity contribution in [3.63, 3.8) is 0 Å². The number of carbonyl (C=O) groups excluding carboxylic acids is 1. The van der Waals surface area contributed by atoms with Gasteiger partial charge in [-0.25, -0.2) is 4.79 Å². The molecule has 0 aliphatic rings. The van der Waals surface area contributed by atoms with Gasteiger partial charge in [-0.15, -0.1) is 0 Å². The molecule has 2 rings (SSSR count). The van der Waals surface area contributed by atoms with E-state index in [2.05, 4.69) is 4.74 Å². The second-order valence-electron chi connectivity index (χ2n) is 4.07. The van der Waals surface area contributed by atoms with E-state index in [4.69, 9.17) is 5.73 Å². The van der Waals surface area contributed by atoms with E-state index in [1.807, 2.05) is 0 Å². The lowest BCUT2D eigenvalue weighted by atomic mass is 9.99. The summed E-state index contributed by atoms with van der Waals surface area (Å²) >= 11 is 0. The third-order valence-corrected chi connectivity index (χ3v) is 3.02. The number of ether oxygens (including phenoxy) is 1. The Bertz CT molecular complexity index is 633. The second-order valence-corrected chi connectivity index (χ2v) is 4.07. The van der Waals surface area contributed by atoms with Gasteiger partial charge in [0, 0.05) is 18.1 Å². The van der Waals surface area contributed by atoms with Crippen LogP contribution >= 0.6 is 0 Å². The summed E-state index contributed by atoms with van der Waals surface area (Å²) in [6.45, 7) is -0.0372. The Kier molecular flexibility index (Phi) is 3.52. The zero-order valence-corrected chi connectivity index (χ0v) is 10.4. The fourth-order valence-corrected chi connectivity index (χ4v) is 2.09. The molecule has 0 spiro atoms. The molecule has 1 aromatic carbocycles. The predicted molar refractivity (Wildman–Crippen MR) is 69.2 cm³/mol. The van der Waals surface area contributed by atoms with Gasteiger partial charge in [-0.1, -0.05) is 18.2 Å². The van der Waals surface area contributed by atoms with Crippen LogP contribution in [0, 0.1) is 0 Å². The van der Waals surface area contributed by atoms with Gasteiger partial charge in [-0.05, 0) is 11.6 Å². The van der Waals surface area contributed by atoms with Crippen LogP contribution in [0.25, 0.3) is 10.9 Å². The Balaban J connectivity index is 2.68. The number of aliphatic carboxylic acids is 1. The number of carbonyl (C=O) groups is 2. The monoisotopic (exact) mass is 262 g/mol. The summed E-state index contributed by atoms with van der Waals surface area (Å²) in [5.41, 5.74) is 6.62. The van der Waals surface area contributed by atoms with Gasteiger partial charge >= 0.3 is 12.1 Å². The van der Waals surface area contributed by atoms with Crippen molar-refractivity contribution in [3.8, 4) is 0 Å². The van der Waals surface area contributed by atoms with Crippen LogP contribution in [0.5, 0.6) is 0 Å². The van der Waals surface area contributed by atoms with Crippen LogP contribution in [-0.4, -0.2) is 35.4 Å². The molecule has 0 bridgehead atoms. The normalized spacial score (nSPS) is 12.3. The lowest BCUT2D eigenvalue weighted by Gasteiger charge is -2.07. The van der Waals surface area contributed by atoms with Crippen LogP contribution < -0.4 is 5.73 Å². The first-order chi connectivity index (χ1) is 9.10. The Labute approximate surface area is 109 Å². The molecule has 100 valence electrons. The van der Waals surface area contributed by atoms with Crippen molar-refractivity contribution in [2.45, 2.75) is 5.92 Å². The first-order valence-electron chi connectivity index (χ1n) is 5.71. The molecule has 1 atom stereocenters. The SMILES string of the molecule is COC(=O)n1cc(C(CN)C(=O)O)c2ccccc21. The van der Waals surface area contributed by atoms with Crippen LogP contribution in [0.2, 0.25) is 0 Å². The Hall–Kier alpha value is -2.34. The minimum atomic E-state index is -1.02. The number of benzene rings is 1. The van der Waals surface area contributed by atoms with Gasteiger partial charge in [-0.2, -0.15) is 0 Å². The average Bonchev–Trinajstić information content (AvgIpc) is 2.78. The molecule has 19 heavy (non-hydrogen) atoms. The molecule has 0 radical (unpaired) electrons. The lowest BCUT2D eigenvalue weighted by molar-refractivity contribution is -0.138. The van der Waals surface area contributed by atoms with Gasteiger partial charge < -0.3 is 15.6 Å². The van der Waals surface area contributed by atoms with Gasteiger partial charge in [-0.3, -0.25) is 9.36 Å². The minimum Gasteiger partial charge on any atom is -0.481 e. The number of nitrogens with two attached hydrogens (primary N) is 1. The van der Waals surface area contributed by atoms with Crippen LogP contribution in [0.1, 0.15) is 11.5 Å². The van der Waals surface area contributed by atoms with Crippen LogP contribution in [0.15, 0.2) is 30.5 Å². The van der Waals surface area contributed by atoms with E-state index in [0.29, 0.717) is 16.5 Å². The fraction of sp³-hybridized carbons (Fsp3) is 0.231. The van der Waals surface area contributed by atoms with E-state index in [-0.39, 0.29) is 6.54 Å². The number of methoxy groups -OCH3 is 1. The summed E-state index contributed by atoms with van der Waals surface area (Å²) in [5.74, 6) is -1.87. The molecule has 0 aliphatic heterocycles. The summed E-state index contributed by atoms with van der Waals surface area (Å²) in [5, 5.41) is 9.87. The topological polar surface area (TPSA) is 94.5 Å². The van der Waals surface area contributed by atoms with Crippen molar-refractivity contribution in [2.24, 2.45) is 5.73 Å². The zero-order valence-electron chi connectivity index (χ0n) is 10.4. The predicted octanol–water partition coefficient (Wildman–Crippen LogP) is 1.38. The van der Waals surface area contributed by atoms with Crippen molar-refractivity contribution in [1.29, 1.82) is 0 Å². The number of rotatable bonds is 3. The lowest BCUT2D eigenvalue weighted by Crippen LogP contribution is -2.21. The van der Waals surface area contributed by atoms with E-state index < -0.39 is 18.0 Å². The van der Waals surface area contributed by atoms with Crippen molar-refractivity contribution in [1.82, 2.24) is 4.57 Å². The minimum absolute atomic E-state index is 0.0372. The number of fused-ring (bicyclic) bond motifs is 1. The number of hydrogen-bond donors (Lipinski definition) is 2. The number of carboxylic acids is 1. The number of hydrogen-bond acceptors (Lipinski definition) is 4. The maximum atomic E-state index is 11.7. The number of aromatic nitrogens is 1. The molecular weight excluding hydrogens is 248 g/mol. The van der Waals surface area contributed by atoms with Gasteiger partial charge in [0.2, 0.25) is 0 Å². The quantitative estimate of drug-likeness (QED) is 0.871. The number of carboxylic acid groups (broad SMARTS) is 1. The van der Waals surface area contributed by atoms with Crippen LogP contribution in [0.3, 0.4) is 0 Å². The Morgan fingerprint density at radius 3 is 2.68 bits per heavy atom. The Morgan fingerprint density at radius 2 is 2.11 bits per heavy atom. The van der Waals surface area contributed by atoms with Crippen LogP contribution in [-0.2, 0) is 9.53 Å². The van der Waals surface area contributed by atoms with Crippen molar-refractivity contribution < 1.29 is 19.4 Å². The highest BCUT2D eigenvalue weighted by Gasteiger charge is 2.24. The van der Waals surface area contributed by atoms with E-state index in [1.54, 1.807) is 24.3 Å². The smallest absolute Gasteiger partial charge is 0.418 e. The molecule has 1 unspecified atom stereocenters. The molecule has 0 aliphatic carbocycles. The molecule has 3 N–H and O–H groups in total. The van der Waals surface area contributed by atoms with Crippen LogP contribution in [0.4, 0.5) is 4.79 Å². The number of nitrogens with zero attached hydrogens (tertiary/aromatic N) is 1. The van der Waals surface area contributed by atoms with Gasteiger partial charge in [0.1, 0.15) is 0 Å². The van der Waals surface area contributed by atoms with E-state index in [0.717, 1.165) is 0 Å². The Morgan fingerprint density at radius 1 is 1.42 bits per heavy atom. The van der Waals surface area contributed by atoms with E-state index >= 15 is 0 Å². The maximum Gasteiger partial charge on any atom is 0.418 e. The summed E-state index contributed by atoms with van der Waals surface area (Å²) in [4.78, 5) is 22.9. The average molecular weight is 262 g/mol. The molecule has 1 heterocycles. The fourth-order valence-electron chi connectivity index (χ4n) is 2.09. The summed E-state index contributed by atoms with van der Waals surface area (Å²) in [7, 11) is 1.27. The standard InChI is InChI=1S/C13H14N2O4/c1-19-13(18)15-7-10(9(6-14)12(16)17)8-4-2-3-5-11(8)15/h2-5,7,9H,6,14H2,1H3,(H,16,17). The van der Waals surface area contributed by atoms with E-state index in [1.165, 1.54) is 17.9 Å². The summed E-state index contributed by atoms with van der Waals surface area (Å²) in [6.07, 6.45) is 0.908. The first kappa shape index (κ1) is 13.1. The highest BCUT2D eigenvalue weighted by molar-refractivity contribution is 5.95. The highest BCUT2D eigenvalue weighted by Crippen LogP contribution is 2.27. The van der Waals surface area contributed by atoms with Gasteiger partial charge in [0.25, 0.3) is 0 Å².